The lowest BCUT2D eigenvalue weighted by atomic mass is 9.89. The normalized spacial score (nSPS) is 17.9. The van der Waals surface area contributed by atoms with Gasteiger partial charge in [0.1, 0.15) is 18.1 Å². The van der Waals surface area contributed by atoms with E-state index in [1.165, 1.54) is 4.31 Å². The second-order valence-corrected chi connectivity index (χ2v) is 9.65. The summed E-state index contributed by atoms with van der Waals surface area (Å²) in [6.07, 6.45) is 0.936. The second-order valence-electron chi connectivity index (χ2n) is 7.33. The lowest BCUT2D eigenvalue weighted by Crippen LogP contribution is -2.40. The summed E-state index contributed by atoms with van der Waals surface area (Å²) in [6, 6.07) is 10.1. The molecule has 0 N–H and O–H groups in total. The van der Waals surface area contributed by atoms with Crippen molar-refractivity contribution >= 4 is 27.4 Å². The van der Waals surface area contributed by atoms with E-state index in [4.69, 9.17) is 21.1 Å². The van der Waals surface area contributed by atoms with Crippen LogP contribution in [-0.4, -0.2) is 44.8 Å². The van der Waals surface area contributed by atoms with Crippen LogP contribution in [-0.2, 0) is 10.0 Å². The highest BCUT2D eigenvalue weighted by atomic mass is 35.5. The number of carbonyl (C=O) groups excluding carboxylic acids is 1. The summed E-state index contributed by atoms with van der Waals surface area (Å²) in [5, 5.41) is 0.222. The zero-order valence-electron chi connectivity index (χ0n) is 16.1. The van der Waals surface area contributed by atoms with Crippen LogP contribution in [0.4, 0.5) is 0 Å². The van der Waals surface area contributed by atoms with Crippen molar-refractivity contribution in [2.45, 2.75) is 24.7 Å². The zero-order chi connectivity index (χ0) is 20.6. The van der Waals surface area contributed by atoms with Crippen molar-refractivity contribution in [3.63, 3.8) is 0 Å². The Labute approximate surface area is 175 Å². The molecule has 0 unspecified atom stereocenters. The molecule has 0 aliphatic carbocycles. The molecule has 2 aliphatic heterocycles. The average molecular weight is 436 g/mol. The minimum absolute atomic E-state index is 0.00684. The Bertz CT molecular complexity index is 1050. The van der Waals surface area contributed by atoms with Crippen LogP contribution in [0.15, 0.2) is 41.3 Å². The van der Waals surface area contributed by atoms with Gasteiger partial charge in [-0.15, -0.1) is 0 Å². The van der Waals surface area contributed by atoms with Gasteiger partial charge in [-0.25, -0.2) is 8.42 Å². The largest absolute Gasteiger partial charge is 0.486 e. The van der Waals surface area contributed by atoms with Gasteiger partial charge in [-0.05, 0) is 55.7 Å². The lowest BCUT2D eigenvalue weighted by Gasteiger charge is -2.31. The van der Waals surface area contributed by atoms with Crippen LogP contribution in [0.5, 0.6) is 11.5 Å². The number of nitrogens with zero attached hydrogens (tertiary/aromatic N) is 1. The number of sulfonamides is 1. The molecule has 0 spiro atoms. The average Bonchev–Trinajstić information content (AvgIpc) is 2.72. The molecule has 154 valence electrons. The number of ketones is 1. The highest BCUT2D eigenvalue weighted by Gasteiger charge is 2.33. The van der Waals surface area contributed by atoms with Gasteiger partial charge in [-0.1, -0.05) is 17.7 Å². The standard InChI is InChI=1S/C21H22ClNO5S/c1-14-2-5-20(17(22)12-14)29(25,26)23-8-6-15(7-9-23)21(24)16-3-4-18-19(13-16)28-11-10-27-18/h2-5,12-13,15H,6-11H2,1H3. The molecule has 1 fully saturated rings. The third kappa shape index (κ3) is 3.99. The minimum atomic E-state index is -3.68. The predicted molar refractivity (Wildman–Crippen MR) is 109 cm³/mol. The van der Waals surface area contributed by atoms with Gasteiger partial charge in [0, 0.05) is 24.6 Å². The van der Waals surface area contributed by atoms with E-state index >= 15 is 0 Å². The molecule has 6 nitrogen and oxygen atoms in total. The van der Waals surface area contributed by atoms with Gasteiger partial charge < -0.3 is 9.47 Å². The van der Waals surface area contributed by atoms with E-state index in [1.54, 1.807) is 36.4 Å². The number of Topliss-reactive ketones (excluding diaryl/α,β-unsaturated/α-hetero) is 1. The molecule has 0 saturated carbocycles. The van der Waals surface area contributed by atoms with Gasteiger partial charge in [-0.2, -0.15) is 4.31 Å². The molecular formula is C21H22ClNO5S. The van der Waals surface area contributed by atoms with Crippen LogP contribution < -0.4 is 9.47 Å². The SMILES string of the molecule is Cc1ccc(S(=O)(=O)N2CCC(C(=O)c3ccc4c(c3)OCCO4)CC2)c(Cl)c1. The molecule has 0 amide bonds. The number of aryl methyl sites for hydroxylation is 1. The van der Waals surface area contributed by atoms with Gasteiger partial charge in [0.05, 0.1) is 5.02 Å². The Balaban J connectivity index is 1.46. The number of fused-ring (bicyclic) bond motifs is 1. The molecule has 29 heavy (non-hydrogen) atoms. The summed E-state index contributed by atoms with van der Waals surface area (Å²) in [6.45, 7) is 3.39. The zero-order valence-corrected chi connectivity index (χ0v) is 17.6. The van der Waals surface area contributed by atoms with Gasteiger partial charge in [0.15, 0.2) is 17.3 Å². The molecule has 2 aliphatic rings. The number of halogens is 1. The van der Waals surface area contributed by atoms with Gasteiger partial charge in [-0.3, -0.25) is 4.79 Å². The summed E-state index contributed by atoms with van der Waals surface area (Å²) in [4.78, 5) is 13.0. The van der Waals surface area contributed by atoms with Crippen LogP contribution >= 0.6 is 11.6 Å². The number of benzene rings is 2. The monoisotopic (exact) mass is 435 g/mol. The van der Waals surface area contributed by atoms with Crippen LogP contribution in [0.25, 0.3) is 0 Å². The smallest absolute Gasteiger partial charge is 0.244 e. The Morgan fingerprint density at radius 2 is 1.72 bits per heavy atom. The molecule has 4 rings (SSSR count). The van der Waals surface area contributed by atoms with E-state index in [2.05, 4.69) is 0 Å². The Hall–Kier alpha value is -2.09. The summed E-state index contributed by atoms with van der Waals surface area (Å²) in [7, 11) is -3.68. The van der Waals surface area contributed by atoms with E-state index < -0.39 is 10.0 Å². The highest BCUT2D eigenvalue weighted by Crippen LogP contribution is 2.34. The Kier molecular flexibility index (Phi) is 5.55. The van der Waals surface area contributed by atoms with E-state index in [1.807, 2.05) is 6.92 Å². The molecule has 2 aromatic carbocycles. The molecule has 2 aromatic rings. The maximum atomic E-state index is 13.0. The molecule has 0 atom stereocenters. The van der Waals surface area contributed by atoms with Gasteiger partial charge >= 0.3 is 0 Å². The highest BCUT2D eigenvalue weighted by molar-refractivity contribution is 7.89. The van der Waals surface area contributed by atoms with Crippen LogP contribution in [0.3, 0.4) is 0 Å². The van der Waals surface area contributed by atoms with Crippen molar-refractivity contribution in [2.75, 3.05) is 26.3 Å². The predicted octanol–water partition coefficient (Wildman–Crippen LogP) is 3.70. The Morgan fingerprint density at radius 1 is 1.03 bits per heavy atom. The summed E-state index contributed by atoms with van der Waals surface area (Å²) >= 11 is 6.17. The fraction of sp³-hybridized carbons (Fsp3) is 0.381. The molecule has 8 heteroatoms. The van der Waals surface area contributed by atoms with Crippen molar-refractivity contribution in [2.24, 2.45) is 5.92 Å². The van der Waals surface area contributed by atoms with E-state index in [9.17, 15) is 13.2 Å². The van der Waals surface area contributed by atoms with Gasteiger partial charge in [0.2, 0.25) is 10.0 Å². The van der Waals surface area contributed by atoms with E-state index in [0.717, 1.165) is 5.56 Å². The fourth-order valence-electron chi connectivity index (χ4n) is 3.74. The third-order valence-electron chi connectivity index (χ3n) is 5.36. The number of ether oxygens (including phenoxy) is 2. The lowest BCUT2D eigenvalue weighted by molar-refractivity contribution is 0.0874. The first-order valence-corrected chi connectivity index (χ1v) is 11.4. The molecule has 0 bridgehead atoms. The molecule has 0 aromatic heterocycles. The Morgan fingerprint density at radius 3 is 2.41 bits per heavy atom. The van der Waals surface area contributed by atoms with E-state index in [0.29, 0.717) is 43.1 Å². The van der Waals surface area contributed by atoms with Crippen molar-refractivity contribution in [1.82, 2.24) is 4.31 Å². The summed E-state index contributed by atoms with van der Waals surface area (Å²) < 4.78 is 38.4. The quantitative estimate of drug-likeness (QED) is 0.684. The molecule has 1 saturated heterocycles. The number of hydrogen-bond donors (Lipinski definition) is 0. The van der Waals surface area contributed by atoms with Crippen LogP contribution in [0.2, 0.25) is 5.02 Å². The van der Waals surface area contributed by atoms with Crippen LogP contribution in [0, 0.1) is 12.8 Å². The van der Waals surface area contributed by atoms with Crippen LogP contribution in [0.1, 0.15) is 28.8 Å². The maximum absolute atomic E-state index is 13.0. The maximum Gasteiger partial charge on any atom is 0.244 e. The summed E-state index contributed by atoms with van der Waals surface area (Å²) in [5.74, 6) is 1.00. The topological polar surface area (TPSA) is 72.9 Å². The number of carbonyl (C=O) groups is 1. The number of piperidine rings is 1. The summed E-state index contributed by atoms with van der Waals surface area (Å²) in [5.41, 5.74) is 1.47. The molecule has 2 heterocycles. The number of hydrogen-bond acceptors (Lipinski definition) is 5. The minimum Gasteiger partial charge on any atom is -0.486 e. The first-order chi connectivity index (χ1) is 13.9. The number of rotatable bonds is 4. The third-order valence-corrected chi connectivity index (χ3v) is 7.74. The van der Waals surface area contributed by atoms with Gasteiger partial charge in [0.25, 0.3) is 0 Å². The van der Waals surface area contributed by atoms with Crippen molar-refractivity contribution in [3.05, 3.63) is 52.5 Å². The molecular weight excluding hydrogens is 414 g/mol. The van der Waals surface area contributed by atoms with Crippen molar-refractivity contribution < 1.29 is 22.7 Å². The fourth-order valence-corrected chi connectivity index (χ4v) is 5.79. The molecule has 0 radical (unpaired) electrons. The first kappa shape index (κ1) is 20.2. The first-order valence-electron chi connectivity index (χ1n) is 9.56. The van der Waals surface area contributed by atoms with Crippen molar-refractivity contribution in [1.29, 1.82) is 0 Å². The second kappa shape index (κ2) is 7.97. The van der Waals surface area contributed by atoms with E-state index in [-0.39, 0.29) is 34.7 Å². The van der Waals surface area contributed by atoms with Crippen molar-refractivity contribution in [3.8, 4) is 11.5 Å².